The van der Waals surface area contributed by atoms with E-state index in [2.05, 4.69) is 4.74 Å². The van der Waals surface area contributed by atoms with Gasteiger partial charge in [-0.15, -0.1) is 0 Å². The summed E-state index contributed by atoms with van der Waals surface area (Å²) in [7, 11) is 0. The van der Waals surface area contributed by atoms with Gasteiger partial charge in [0.2, 0.25) is 0 Å². The Morgan fingerprint density at radius 3 is 2.92 bits per heavy atom. The molecule has 2 aliphatic heterocycles. The molecule has 0 radical (unpaired) electrons. The van der Waals surface area contributed by atoms with E-state index in [9.17, 15) is 9.59 Å². The summed E-state index contributed by atoms with van der Waals surface area (Å²) in [5.41, 5.74) is 0.119. The van der Waals surface area contributed by atoms with Crippen molar-refractivity contribution in [2.75, 3.05) is 6.61 Å². The van der Waals surface area contributed by atoms with E-state index >= 15 is 0 Å². The molecule has 0 fully saturated rings. The van der Waals surface area contributed by atoms with Crippen molar-refractivity contribution in [3.8, 4) is 0 Å². The molecule has 0 aromatic rings. The van der Waals surface area contributed by atoms with Gasteiger partial charge in [-0.2, -0.15) is 0 Å². The smallest absolute Gasteiger partial charge is 0.345 e. The van der Waals surface area contributed by atoms with Gasteiger partial charge >= 0.3 is 5.97 Å². The third-order valence-electron chi connectivity index (χ3n) is 1.91. The molecule has 2 rings (SSSR count). The summed E-state index contributed by atoms with van der Waals surface area (Å²) >= 11 is 0. The van der Waals surface area contributed by atoms with Gasteiger partial charge in [0.05, 0.1) is 0 Å². The summed E-state index contributed by atoms with van der Waals surface area (Å²) in [6.45, 7) is 1.91. The largest absolute Gasteiger partial charge is 0.490 e. The van der Waals surface area contributed by atoms with E-state index in [0.717, 1.165) is 0 Å². The number of hydrogen-bond donors (Lipinski definition) is 0. The molecule has 0 spiro atoms. The van der Waals surface area contributed by atoms with E-state index in [-0.39, 0.29) is 30.5 Å². The molecule has 0 amide bonds. The fourth-order valence-corrected chi connectivity index (χ4v) is 1.40. The van der Waals surface area contributed by atoms with Crippen molar-refractivity contribution < 1.29 is 19.1 Å². The van der Waals surface area contributed by atoms with Crippen LogP contribution >= 0.6 is 0 Å². The monoisotopic (exact) mass is 168 g/mol. The average Bonchev–Trinajstić information content (AvgIpc) is 2.31. The average molecular weight is 168 g/mol. The lowest BCUT2D eigenvalue weighted by Gasteiger charge is -2.18. The zero-order valence-corrected chi connectivity index (χ0v) is 6.62. The second kappa shape index (κ2) is 2.33. The number of carbonyl (C=O) groups excluding carboxylic acids is 2. The quantitative estimate of drug-likeness (QED) is 0.382. The molecule has 0 saturated carbocycles. The minimum absolute atomic E-state index is 0.115. The molecule has 4 heteroatoms. The fourth-order valence-electron chi connectivity index (χ4n) is 1.40. The first-order valence-electron chi connectivity index (χ1n) is 3.78. The lowest BCUT2D eigenvalue weighted by molar-refractivity contribution is -0.137. The molecule has 2 aliphatic rings. The molecular weight excluding hydrogens is 160 g/mol. The molecule has 2 heterocycles. The summed E-state index contributed by atoms with van der Waals surface area (Å²) in [5.74, 6) is -0.295. The van der Waals surface area contributed by atoms with Gasteiger partial charge in [-0.05, 0) is 6.92 Å². The predicted octanol–water partition coefficient (Wildman–Crippen LogP) is 0.175. The van der Waals surface area contributed by atoms with E-state index < -0.39 is 5.97 Å². The van der Waals surface area contributed by atoms with Crippen LogP contribution in [0.5, 0.6) is 0 Å². The van der Waals surface area contributed by atoms with Crippen molar-refractivity contribution in [3.05, 3.63) is 11.3 Å². The molecule has 12 heavy (non-hydrogen) atoms. The molecule has 0 aliphatic carbocycles. The molecule has 0 aromatic heterocycles. The zero-order valence-electron chi connectivity index (χ0n) is 6.62. The highest BCUT2D eigenvalue weighted by Crippen LogP contribution is 2.26. The molecule has 0 aromatic carbocycles. The van der Waals surface area contributed by atoms with Gasteiger partial charge < -0.3 is 9.47 Å². The Kier molecular flexibility index (Phi) is 1.43. The van der Waals surface area contributed by atoms with Crippen LogP contribution in [0, 0.1) is 0 Å². The van der Waals surface area contributed by atoms with E-state index in [4.69, 9.17) is 4.74 Å². The first-order chi connectivity index (χ1) is 5.68. The molecule has 1 atom stereocenters. The van der Waals surface area contributed by atoms with Gasteiger partial charge in [-0.1, -0.05) is 0 Å². The molecule has 1 unspecified atom stereocenters. The van der Waals surface area contributed by atoms with Crippen LogP contribution in [0.15, 0.2) is 11.3 Å². The van der Waals surface area contributed by atoms with Crippen LogP contribution in [0.25, 0.3) is 0 Å². The number of Topliss-reactive ketones (excluding diaryl/α,β-unsaturated/α-hetero) is 1. The number of rotatable bonds is 0. The normalized spacial score (nSPS) is 28.2. The van der Waals surface area contributed by atoms with E-state index in [0.29, 0.717) is 5.76 Å². The SMILES string of the molecule is CC1CC(=O)C2=C(COC2=O)O1. The number of esters is 1. The first-order valence-corrected chi connectivity index (χ1v) is 3.78. The van der Waals surface area contributed by atoms with Crippen molar-refractivity contribution in [2.24, 2.45) is 0 Å². The van der Waals surface area contributed by atoms with Crippen LogP contribution in [-0.4, -0.2) is 24.5 Å². The Morgan fingerprint density at radius 1 is 1.42 bits per heavy atom. The van der Waals surface area contributed by atoms with Crippen LogP contribution in [0.2, 0.25) is 0 Å². The van der Waals surface area contributed by atoms with Crippen LogP contribution in [0.3, 0.4) is 0 Å². The van der Waals surface area contributed by atoms with Gasteiger partial charge in [0.25, 0.3) is 0 Å². The Labute approximate surface area is 69.1 Å². The maximum Gasteiger partial charge on any atom is 0.345 e. The molecule has 0 N–H and O–H groups in total. The van der Waals surface area contributed by atoms with Crippen molar-refractivity contribution in [1.29, 1.82) is 0 Å². The first kappa shape index (κ1) is 7.34. The van der Waals surface area contributed by atoms with Gasteiger partial charge in [0.1, 0.15) is 18.3 Å². The highest BCUT2D eigenvalue weighted by Gasteiger charge is 2.37. The van der Waals surface area contributed by atoms with Crippen LogP contribution in [0.4, 0.5) is 0 Å². The molecule has 0 bridgehead atoms. The third-order valence-corrected chi connectivity index (χ3v) is 1.91. The van der Waals surface area contributed by atoms with Crippen molar-refractivity contribution in [2.45, 2.75) is 19.4 Å². The standard InChI is InChI=1S/C8H8O4/c1-4-2-5(9)7-6(12-4)3-11-8(7)10/h4H,2-3H2,1H3. The maximum absolute atomic E-state index is 11.3. The van der Waals surface area contributed by atoms with Crippen LogP contribution < -0.4 is 0 Å². The number of ketones is 1. The number of carbonyl (C=O) groups is 2. The van der Waals surface area contributed by atoms with E-state index in [1.165, 1.54) is 0 Å². The lowest BCUT2D eigenvalue weighted by atomic mass is 10.0. The van der Waals surface area contributed by atoms with Crippen molar-refractivity contribution in [3.63, 3.8) is 0 Å². The van der Waals surface area contributed by atoms with Crippen molar-refractivity contribution in [1.82, 2.24) is 0 Å². The van der Waals surface area contributed by atoms with Gasteiger partial charge in [0.15, 0.2) is 11.5 Å². The summed E-state index contributed by atoms with van der Waals surface area (Å²) in [4.78, 5) is 22.2. The summed E-state index contributed by atoms with van der Waals surface area (Å²) < 4.78 is 9.92. The number of ether oxygens (including phenoxy) is 2. The van der Waals surface area contributed by atoms with Crippen LogP contribution in [-0.2, 0) is 19.1 Å². The van der Waals surface area contributed by atoms with E-state index in [1.807, 2.05) is 0 Å². The summed E-state index contributed by atoms with van der Waals surface area (Å²) in [6.07, 6.45) is 0.138. The number of hydrogen-bond acceptors (Lipinski definition) is 4. The highest BCUT2D eigenvalue weighted by molar-refractivity contribution is 6.19. The fraction of sp³-hybridized carbons (Fsp3) is 0.500. The maximum atomic E-state index is 11.3. The van der Waals surface area contributed by atoms with Gasteiger partial charge in [-0.25, -0.2) is 4.79 Å². The summed E-state index contributed by atoms with van der Waals surface area (Å²) in [5, 5.41) is 0. The lowest BCUT2D eigenvalue weighted by Crippen LogP contribution is -2.24. The van der Waals surface area contributed by atoms with E-state index in [1.54, 1.807) is 6.92 Å². The third kappa shape index (κ3) is 0.913. The number of cyclic esters (lactones) is 1. The Morgan fingerprint density at radius 2 is 2.17 bits per heavy atom. The second-order valence-electron chi connectivity index (χ2n) is 2.93. The van der Waals surface area contributed by atoms with Gasteiger partial charge in [0, 0.05) is 6.42 Å². The minimum atomic E-state index is -0.540. The molecule has 4 nitrogen and oxygen atoms in total. The van der Waals surface area contributed by atoms with Crippen LogP contribution in [0.1, 0.15) is 13.3 Å². The molecule has 0 saturated heterocycles. The minimum Gasteiger partial charge on any atom is -0.490 e. The Balaban J connectivity index is 2.38. The highest BCUT2D eigenvalue weighted by atomic mass is 16.6. The van der Waals surface area contributed by atoms with Crippen molar-refractivity contribution >= 4 is 11.8 Å². The topological polar surface area (TPSA) is 52.6 Å². The zero-order chi connectivity index (χ0) is 8.72. The molecule has 64 valence electrons. The molecular formula is C8H8O4. The predicted molar refractivity (Wildman–Crippen MR) is 38.2 cm³/mol. The van der Waals surface area contributed by atoms with Gasteiger partial charge in [-0.3, -0.25) is 4.79 Å². The second-order valence-corrected chi connectivity index (χ2v) is 2.93. The Bertz CT molecular complexity index is 289. The summed E-state index contributed by atoms with van der Waals surface area (Å²) in [6, 6.07) is 0. The Hall–Kier alpha value is -1.32.